The van der Waals surface area contributed by atoms with Crippen LogP contribution in [-0.2, 0) is 9.59 Å². The molecule has 0 atom stereocenters. The summed E-state index contributed by atoms with van der Waals surface area (Å²) in [6.45, 7) is 5.97. The van der Waals surface area contributed by atoms with Gasteiger partial charge < -0.3 is 10.2 Å². The highest BCUT2D eigenvalue weighted by Crippen LogP contribution is 2.19. The van der Waals surface area contributed by atoms with Crippen LogP contribution in [0.1, 0.15) is 25.8 Å². The van der Waals surface area contributed by atoms with Crippen molar-refractivity contribution in [1.82, 2.24) is 4.90 Å². The highest BCUT2D eigenvalue weighted by molar-refractivity contribution is 6.31. The van der Waals surface area contributed by atoms with E-state index in [0.717, 1.165) is 12.0 Å². The first-order valence-electron chi connectivity index (χ1n) is 6.25. The molecular weight excluding hydrogens is 264 g/mol. The number of nitrogens with one attached hydrogen (secondary N) is 1. The van der Waals surface area contributed by atoms with Gasteiger partial charge in [0.15, 0.2) is 0 Å². The van der Waals surface area contributed by atoms with E-state index in [9.17, 15) is 9.59 Å². The standard InChI is InChI=1S/C14H19ClN2O2/c1-4-7-17(11(3)18)9-14(19)16-12-6-5-10(2)13(15)8-12/h5-6,8H,4,7,9H2,1-3H3,(H,16,19). The van der Waals surface area contributed by atoms with E-state index in [0.29, 0.717) is 17.3 Å². The number of rotatable bonds is 5. The molecule has 0 unspecified atom stereocenters. The average molecular weight is 283 g/mol. The normalized spacial score (nSPS) is 10.1. The number of amides is 2. The van der Waals surface area contributed by atoms with Crippen molar-refractivity contribution in [2.75, 3.05) is 18.4 Å². The summed E-state index contributed by atoms with van der Waals surface area (Å²) in [6.07, 6.45) is 0.823. The molecule has 0 heterocycles. The van der Waals surface area contributed by atoms with E-state index in [1.54, 1.807) is 12.1 Å². The van der Waals surface area contributed by atoms with Crippen LogP contribution >= 0.6 is 11.6 Å². The van der Waals surface area contributed by atoms with Crippen molar-refractivity contribution >= 4 is 29.1 Å². The topological polar surface area (TPSA) is 49.4 Å². The smallest absolute Gasteiger partial charge is 0.243 e. The van der Waals surface area contributed by atoms with Gasteiger partial charge in [-0.15, -0.1) is 0 Å². The van der Waals surface area contributed by atoms with Crippen LogP contribution in [0.25, 0.3) is 0 Å². The Bertz CT molecular complexity index is 475. The number of benzene rings is 1. The maximum Gasteiger partial charge on any atom is 0.243 e. The van der Waals surface area contributed by atoms with Gasteiger partial charge in [-0.3, -0.25) is 9.59 Å². The van der Waals surface area contributed by atoms with Crippen molar-refractivity contribution in [3.8, 4) is 0 Å². The number of aryl methyl sites for hydroxylation is 1. The molecule has 19 heavy (non-hydrogen) atoms. The van der Waals surface area contributed by atoms with Gasteiger partial charge in [0, 0.05) is 24.2 Å². The van der Waals surface area contributed by atoms with Gasteiger partial charge in [-0.2, -0.15) is 0 Å². The summed E-state index contributed by atoms with van der Waals surface area (Å²) >= 11 is 5.99. The van der Waals surface area contributed by atoms with Gasteiger partial charge in [0.1, 0.15) is 0 Å². The van der Waals surface area contributed by atoms with E-state index < -0.39 is 0 Å². The highest BCUT2D eigenvalue weighted by atomic mass is 35.5. The molecule has 0 radical (unpaired) electrons. The molecule has 1 aromatic carbocycles. The van der Waals surface area contributed by atoms with Gasteiger partial charge >= 0.3 is 0 Å². The van der Waals surface area contributed by atoms with Crippen LogP contribution in [0.4, 0.5) is 5.69 Å². The molecule has 5 heteroatoms. The molecular formula is C14H19ClN2O2. The minimum absolute atomic E-state index is 0.0642. The predicted octanol–water partition coefficient (Wildman–Crippen LogP) is 2.85. The summed E-state index contributed by atoms with van der Waals surface area (Å²) in [5.41, 5.74) is 1.59. The number of halogens is 1. The third kappa shape index (κ3) is 4.91. The monoisotopic (exact) mass is 282 g/mol. The molecule has 2 amide bonds. The first-order valence-corrected chi connectivity index (χ1v) is 6.63. The molecule has 0 bridgehead atoms. The summed E-state index contributed by atoms with van der Waals surface area (Å²) < 4.78 is 0. The minimum Gasteiger partial charge on any atom is -0.334 e. The fourth-order valence-electron chi connectivity index (χ4n) is 1.66. The van der Waals surface area contributed by atoms with Crippen molar-refractivity contribution in [2.24, 2.45) is 0 Å². The van der Waals surface area contributed by atoms with Crippen molar-refractivity contribution in [2.45, 2.75) is 27.2 Å². The molecule has 4 nitrogen and oxygen atoms in total. The van der Waals surface area contributed by atoms with E-state index in [1.807, 2.05) is 19.9 Å². The number of anilines is 1. The zero-order valence-corrected chi connectivity index (χ0v) is 12.3. The van der Waals surface area contributed by atoms with Gasteiger partial charge in [0.2, 0.25) is 11.8 Å². The second kappa shape index (κ2) is 7.14. The Balaban J connectivity index is 2.63. The largest absolute Gasteiger partial charge is 0.334 e. The van der Waals surface area contributed by atoms with Gasteiger partial charge in [0.25, 0.3) is 0 Å². The number of hydrogen-bond acceptors (Lipinski definition) is 2. The summed E-state index contributed by atoms with van der Waals surface area (Å²) in [5.74, 6) is -0.317. The molecule has 0 spiro atoms. The molecule has 0 aliphatic heterocycles. The summed E-state index contributed by atoms with van der Waals surface area (Å²) in [4.78, 5) is 24.7. The van der Waals surface area contributed by atoms with Gasteiger partial charge in [-0.25, -0.2) is 0 Å². The van der Waals surface area contributed by atoms with Crippen LogP contribution in [0.2, 0.25) is 5.02 Å². The van der Waals surface area contributed by atoms with Crippen LogP contribution in [0.3, 0.4) is 0 Å². The molecule has 1 rings (SSSR count). The van der Waals surface area contributed by atoms with Crippen LogP contribution in [0.15, 0.2) is 18.2 Å². The van der Waals surface area contributed by atoms with Crippen LogP contribution in [-0.4, -0.2) is 29.8 Å². The molecule has 104 valence electrons. The molecule has 0 aromatic heterocycles. The van der Waals surface area contributed by atoms with E-state index in [4.69, 9.17) is 11.6 Å². The van der Waals surface area contributed by atoms with E-state index in [-0.39, 0.29) is 18.4 Å². The summed E-state index contributed by atoms with van der Waals surface area (Å²) in [6, 6.07) is 5.33. The number of carbonyl (C=O) groups is 2. The Hall–Kier alpha value is -1.55. The Morgan fingerprint density at radius 2 is 2.05 bits per heavy atom. The average Bonchev–Trinajstić information content (AvgIpc) is 2.33. The lowest BCUT2D eigenvalue weighted by Crippen LogP contribution is -2.37. The molecule has 0 aliphatic rings. The number of carbonyl (C=O) groups excluding carboxylic acids is 2. The fraction of sp³-hybridized carbons (Fsp3) is 0.429. The molecule has 0 fully saturated rings. The third-order valence-electron chi connectivity index (χ3n) is 2.73. The van der Waals surface area contributed by atoms with E-state index >= 15 is 0 Å². The summed E-state index contributed by atoms with van der Waals surface area (Å²) in [5, 5.41) is 3.34. The molecule has 0 aliphatic carbocycles. The highest BCUT2D eigenvalue weighted by Gasteiger charge is 2.12. The van der Waals surface area contributed by atoms with Crippen LogP contribution in [0.5, 0.6) is 0 Å². The van der Waals surface area contributed by atoms with Crippen LogP contribution < -0.4 is 5.32 Å². The lowest BCUT2D eigenvalue weighted by Gasteiger charge is -2.19. The Morgan fingerprint density at radius 3 is 2.58 bits per heavy atom. The third-order valence-corrected chi connectivity index (χ3v) is 3.14. The predicted molar refractivity (Wildman–Crippen MR) is 77.4 cm³/mol. The lowest BCUT2D eigenvalue weighted by atomic mass is 10.2. The number of hydrogen-bond donors (Lipinski definition) is 1. The summed E-state index contributed by atoms with van der Waals surface area (Å²) in [7, 11) is 0. The SMILES string of the molecule is CCCN(CC(=O)Nc1ccc(C)c(Cl)c1)C(C)=O. The fourth-order valence-corrected chi connectivity index (χ4v) is 1.84. The first kappa shape index (κ1) is 15.5. The lowest BCUT2D eigenvalue weighted by molar-refractivity contribution is -0.132. The van der Waals surface area contributed by atoms with Crippen molar-refractivity contribution in [1.29, 1.82) is 0 Å². The van der Waals surface area contributed by atoms with Gasteiger partial charge in [-0.1, -0.05) is 24.6 Å². The maximum absolute atomic E-state index is 11.9. The Morgan fingerprint density at radius 1 is 1.37 bits per heavy atom. The Labute approximate surface area is 118 Å². The molecule has 1 N–H and O–H groups in total. The number of nitrogens with zero attached hydrogens (tertiary/aromatic N) is 1. The van der Waals surface area contributed by atoms with Gasteiger partial charge in [0.05, 0.1) is 6.54 Å². The zero-order valence-electron chi connectivity index (χ0n) is 11.5. The second-order valence-corrected chi connectivity index (χ2v) is 4.86. The first-order chi connectivity index (χ1) is 8.93. The quantitative estimate of drug-likeness (QED) is 0.903. The molecule has 1 aromatic rings. The van der Waals surface area contributed by atoms with Crippen molar-refractivity contribution in [3.63, 3.8) is 0 Å². The Kier molecular flexibility index (Phi) is 5.83. The van der Waals surface area contributed by atoms with Crippen molar-refractivity contribution in [3.05, 3.63) is 28.8 Å². The molecule has 0 saturated heterocycles. The second-order valence-electron chi connectivity index (χ2n) is 4.45. The van der Waals surface area contributed by atoms with Crippen LogP contribution in [0, 0.1) is 6.92 Å². The molecule has 0 saturated carbocycles. The maximum atomic E-state index is 11.9. The minimum atomic E-state index is -0.219. The zero-order chi connectivity index (χ0) is 14.4. The van der Waals surface area contributed by atoms with E-state index in [1.165, 1.54) is 11.8 Å². The van der Waals surface area contributed by atoms with E-state index in [2.05, 4.69) is 5.32 Å². The van der Waals surface area contributed by atoms with Crippen molar-refractivity contribution < 1.29 is 9.59 Å². The van der Waals surface area contributed by atoms with Gasteiger partial charge in [-0.05, 0) is 31.0 Å².